The van der Waals surface area contributed by atoms with Crippen LogP contribution in [0.2, 0.25) is 0 Å². The molecule has 1 unspecified atom stereocenters. The van der Waals surface area contributed by atoms with E-state index in [-0.39, 0.29) is 11.7 Å². The van der Waals surface area contributed by atoms with E-state index in [0.29, 0.717) is 11.3 Å². The Kier molecular flexibility index (Phi) is 2.71. The molecule has 0 spiro atoms. The monoisotopic (exact) mass is 301 g/mol. The van der Waals surface area contributed by atoms with E-state index in [1.54, 1.807) is 18.2 Å². The highest BCUT2D eigenvalue weighted by Gasteiger charge is 2.32. The molecule has 3 rings (SSSR count). The first-order valence-electron chi connectivity index (χ1n) is 5.84. The molecule has 0 radical (unpaired) electrons. The zero-order valence-corrected chi connectivity index (χ0v) is 11.3. The smallest absolute Gasteiger partial charge is 0.171 e. The second-order valence-corrected chi connectivity index (χ2v) is 5.41. The van der Waals surface area contributed by atoms with E-state index < -0.39 is 0 Å². The van der Waals surface area contributed by atoms with Gasteiger partial charge in [0.15, 0.2) is 5.78 Å². The minimum atomic E-state index is 0.00104. The third kappa shape index (κ3) is 1.75. The molecule has 0 saturated carbocycles. The molecule has 0 fully saturated rings. The van der Waals surface area contributed by atoms with Crippen LogP contribution in [0.4, 0.5) is 5.69 Å². The van der Waals surface area contributed by atoms with Gasteiger partial charge in [0, 0.05) is 15.7 Å². The summed E-state index contributed by atoms with van der Waals surface area (Å²) in [6.45, 7) is 0. The van der Waals surface area contributed by atoms with Crippen molar-refractivity contribution in [3.63, 3.8) is 0 Å². The molecule has 0 aromatic heterocycles. The van der Waals surface area contributed by atoms with Crippen LogP contribution in [0.3, 0.4) is 0 Å². The van der Waals surface area contributed by atoms with E-state index in [1.807, 2.05) is 18.2 Å². The van der Waals surface area contributed by atoms with Crippen LogP contribution in [0.1, 0.15) is 27.4 Å². The lowest BCUT2D eigenvalue weighted by Crippen LogP contribution is -2.25. The Morgan fingerprint density at radius 3 is 2.72 bits per heavy atom. The van der Waals surface area contributed by atoms with Crippen molar-refractivity contribution < 1.29 is 4.79 Å². The molecule has 0 saturated heterocycles. The second-order valence-electron chi connectivity index (χ2n) is 4.56. The first-order valence-corrected chi connectivity index (χ1v) is 6.63. The van der Waals surface area contributed by atoms with Crippen LogP contribution >= 0.6 is 15.9 Å². The lowest BCUT2D eigenvalue weighted by Gasteiger charge is -2.29. The van der Waals surface area contributed by atoms with E-state index in [9.17, 15) is 4.79 Å². The van der Waals surface area contributed by atoms with Crippen molar-refractivity contribution in [2.45, 2.75) is 12.3 Å². The molecule has 2 aromatic rings. The van der Waals surface area contributed by atoms with E-state index in [0.717, 1.165) is 16.5 Å². The average molecular weight is 302 g/mol. The van der Waals surface area contributed by atoms with Crippen molar-refractivity contribution in [2.24, 2.45) is 0 Å². The van der Waals surface area contributed by atoms with E-state index in [1.165, 1.54) is 5.56 Å². The summed E-state index contributed by atoms with van der Waals surface area (Å²) >= 11 is 3.41. The lowest BCUT2D eigenvalue weighted by molar-refractivity contribution is 0.0948. The third-order valence-corrected chi connectivity index (χ3v) is 4.09. The molecular formula is C15H12BrNO. The number of carbonyl (C=O) groups is 1. The number of carbonyl (C=O) groups excluding carboxylic acids is 1. The van der Waals surface area contributed by atoms with Gasteiger partial charge in [-0.15, -0.1) is 0 Å². The summed E-state index contributed by atoms with van der Waals surface area (Å²) < 4.78 is 0.775. The quantitative estimate of drug-likeness (QED) is 0.681. The summed E-state index contributed by atoms with van der Waals surface area (Å²) in [4.78, 5) is 12.5. The number of anilines is 1. The highest BCUT2D eigenvalue weighted by Crippen LogP contribution is 2.38. The maximum absolute atomic E-state index is 12.5. The number of nitrogen functional groups attached to an aromatic ring is 1. The van der Waals surface area contributed by atoms with Gasteiger partial charge in [-0.05, 0) is 51.7 Å². The van der Waals surface area contributed by atoms with Crippen molar-refractivity contribution in [1.82, 2.24) is 0 Å². The highest BCUT2D eigenvalue weighted by molar-refractivity contribution is 9.10. The summed E-state index contributed by atoms with van der Waals surface area (Å²) in [5.74, 6) is 0.168. The predicted molar refractivity (Wildman–Crippen MR) is 75.8 cm³/mol. The second kappa shape index (κ2) is 4.25. The molecule has 1 aliphatic carbocycles. The molecule has 1 aliphatic rings. The number of nitrogens with two attached hydrogens (primary N) is 1. The Morgan fingerprint density at radius 1 is 1.22 bits per heavy atom. The molecule has 2 nitrogen and oxygen atoms in total. The van der Waals surface area contributed by atoms with Crippen LogP contribution in [-0.2, 0) is 6.42 Å². The Hall–Kier alpha value is -1.61. The predicted octanol–water partition coefficient (Wildman–Crippen LogP) is 3.55. The third-order valence-electron chi connectivity index (χ3n) is 3.43. The number of Topliss-reactive ketones (excluding diaryl/α,β-unsaturated/α-hetero) is 1. The molecule has 0 aliphatic heterocycles. The molecule has 3 heteroatoms. The van der Waals surface area contributed by atoms with Crippen molar-refractivity contribution in [3.8, 4) is 0 Å². The number of benzene rings is 2. The normalized spacial score (nSPS) is 16.8. The van der Waals surface area contributed by atoms with Gasteiger partial charge in [0.2, 0.25) is 0 Å². The maximum Gasteiger partial charge on any atom is 0.171 e. The minimum absolute atomic E-state index is 0.00104. The zero-order chi connectivity index (χ0) is 12.7. The number of fused-ring (bicyclic) bond motifs is 1. The summed E-state index contributed by atoms with van der Waals surface area (Å²) in [5.41, 5.74) is 9.50. The SMILES string of the molecule is Nc1ccc(C(=O)C2Cc3ccccc32)c(Br)c1. The fraction of sp³-hybridized carbons (Fsp3) is 0.133. The first-order chi connectivity index (χ1) is 8.66. The Morgan fingerprint density at radius 2 is 2.00 bits per heavy atom. The largest absolute Gasteiger partial charge is 0.399 e. The zero-order valence-electron chi connectivity index (χ0n) is 9.69. The Bertz CT molecular complexity index is 636. The van der Waals surface area contributed by atoms with E-state index in [4.69, 9.17) is 5.73 Å². The van der Waals surface area contributed by atoms with E-state index >= 15 is 0 Å². The minimum Gasteiger partial charge on any atom is -0.399 e. The van der Waals surface area contributed by atoms with Crippen LogP contribution in [0.5, 0.6) is 0 Å². The fourth-order valence-corrected chi connectivity index (χ4v) is 3.00. The topological polar surface area (TPSA) is 43.1 Å². The van der Waals surface area contributed by atoms with Gasteiger partial charge in [0.1, 0.15) is 0 Å². The standard InChI is InChI=1S/C15H12BrNO/c16-14-8-10(17)5-6-12(14)15(18)13-7-9-3-1-2-4-11(9)13/h1-6,8,13H,7,17H2. The van der Waals surface area contributed by atoms with Gasteiger partial charge < -0.3 is 5.73 Å². The van der Waals surface area contributed by atoms with Crippen LogP contribution in [0.15, 0.2) is 46.9 Å². The lowest BCUT2D eigenvalue weighted by atomic mass is 9.74. The van der Waals surface area contributed by atoms with E-state index in [2.05, 4.69) is 22.0 Å². The van der Waals surface area contributed by atoms with Gasteiger partial charge in [0.05, 0.1) is 5.92 Å². The molecule has 0 bridgehead atoms. The molecule has 18 heavy (non-hydrogen) atoms. The molecule has 0 amide bonds. The van der Waals surface area contributed by atoms with Crippen molar-refractivity contribution in [2.75, 3.05) is 5.73 Å². The first kappa shape index (κ1) is 11.5. The molecule has 2 N–H and O–H groups in total. The van der Waals surface area contributed by atoms with Gasteiger partial charge >= 0.3 is 0 Å². The highest BCUT2D eigenvalue weighted by atomic mass is 79.9. The van der Waals surface area contributed by atoms with Crippen molar-refractivity contribution in [1.29, 1.82) is 0 Å². The molecule has 90 valence electrons. The van der Waals surface area contributed by atoms with Gasteiger partial charge in [-0.1, -0.05) is 24.3 Å². The van der Waals surface area contributed by atoms with Gasteiger partial charge in [0.25, 0.3) is 0 Å². The molecule has 2 aromatic carbocycles. The average Bonchev–Trinajstić information content (AvgIpc) is 2.30. The van der Waals surface area contributed by atoms with Crippen LogP contribution < -0.4 is 5.73 Å². The molecule has 1 atom stereocenters. The molecule has 0 heterocycles. The number of hydrogen-bond acceptors (Lipinski definition) is 2. The summed E-state index contributed by atoms with van der Waals surface area (Å²) in [5, 5.41) is 0. The maximum atomic E-state index is 12.5. The van der Waals surface area contributed by atoms with Crippen molar-refractivity contribution in [3.05, 3.63) is 63.6 Å². The summed E-state index contributed by atoms with van der Waals surface area (Å²) in [7, 11) is 0. The summed E-state index contributed by atoms with van der Waals surface area (Å²) in [6, 6.07) is 13.4. The van der Waals surface area contributed by atoms with Crippen LogP contribution in [0, 0.1) is 0 Å². The number of rotatable bonds is 2. The Labute approximate surface area is 114 Å². The van der Waals surface area contributed by atoms with Gasteiger partial charge in [-0.25, -0.2) is 0 Å². The number of hydrogen-bond donors (Lipinski definition) is 1. The van der Waals surface area contributed by atoms with Crippen molar-refractivity contribution >= 4 is 27.4 Å². The fourth-order valence-electron chi connectivity index (χ4n) is 2.41. The molecular weight excluding hydrogens is 290 g/mol. The number of halogens is 1. The Balaban J connectivity index is 1.94. The summed E-state index contributed by atoms with van der Waals surface area (Å²) in [6.07, 6.45) is 0.839. The van der Waals surface area contributed by atoms with Crippen LogP contribution in [0.25, 0.3) is 0 Å². The van der Waals surface area contributed by atoms with Gasteiger partial charge in [-0.3, -0.25) is 4.79 Å². The number of ketones is 1. The van der Waals surface area contributed by atoms with Gasteiger partial charge in [-0.2, -0.15) is 0 Å². The van der Waals surface area contributed by atoms with Crippen LogP contribution in [-0.4, -0.2) is 5.78 Å².